The summed E-state index contributed by atoms with van der Waals surface area (Å²) in [4.78, 5) is 22.6. The molecular formula is C10H18INO3. The van der Waals surface area contributed by atoms with Crippen molar-refractivity contribution in [3.63, 3.8) is 0 Å². The van der Waals surface area contributed by atoms with Gasteiger partial charge in [0.1, 0.15) is 3.92 Å². The van der Waals surface area contributed by atoms with E-state index in [0.29, 0.717) is 6.54 Å². The van der Waals surface area contributed by atoms with Gasteiger partial charge in [0.25, 0.3) is 0 Å². The van der Waals surface area contributed by atoms with Gasteiger partial charge in [0.05, 0.1) is 7.11 Å². The minimum atomic E-state index is -0.314. The molecule has 0 saturated carbocycles. The lowest BCUT2D eigenvalue weighted by atomic mass is 10.0. The van der Waals surface area contributed by atoms with Crippen LogP contribution in [0.15, 0.2) is 0 Å². The van der Waals surface area contributed by atoms with Crippen LogP contribution in [0, 0.1) is 5.92 Å². The zero-order valence-corrected chi connectivity index (χ0v) is 11.5. The van der Waals surface area contributed by atoms with E-state index in [0.717, 1.165) is 12.8 Å². The predicted octanol–water partition coefficient (Wildman–Crippen LogP) is 1.52. The SMILES string of the molecule is CCC(CC)C(=O)NCC(I)C(=O)OC. The van der Waals surface area contributed by atoms with E-state index < -0.39 is 0 Å². The highest BCUT2D eigenvalue weighted by molar-refractivity contribution is 14.1. The van der Waals surface area contributed by atoms with Crippen LogP contribution in [0.2, 0.25) is 0 Å². The number of methoxy groups -OCH3 is 1. The van der Waals surface area contributed by atoms with Crippen LogP contribution < -0.4 is 5.32 Å². The third-order valence-electron chi connectivity index (χ3n) is 2.27. The summed E-state index contributed by atoms with van der Waals surface area (Å²) in [6.07, 6.45) is 1.65. The number of halogens is 1. The van der Waals surface area contributed by atoms with E-state index in [4.69, 9.17) is 0 Å². The molecule has 0 aromatic carbocycles. The minimum absolute atomic E-state index is 0.0190. The Bertz CT molecular complexity index is 217. The van der Waals surface area contributed by atoms with Gasteiger partial charge in [-0.1, -0.05) is 36.4 Å². The van der Waals surface area contributed by atoms with E-state index in [-0.39, 0.29) is 21.7 Å². The average molecular weight is 327 g/mol. The number of hydrogen-bond acceptors (Lipinski definition) is 3. The monoisotopic (exact) mass is 327 g/mol. The summed E-state index contributed by atoms with van der Waals surface area (Å²) in [5.41, 5.74) is 0. The zero-order chi connectivity index (χ0) is 11.8. The molecule has 5 heteroatoms. The smallest absolute Gasteiger partial charge is 0.320 e. The Morgan fingerprint density at radius 3 is 2.27 bits per heavy atom. The first-order chi connectivity index (χ1) is 7.06. The molecule has 0 spiro atoms. The maximum Gasteiger partial charge on any atom is 0.320 e. The van der Waals surface area contributed by atoms with Crippen molar-refractivity contribution in [3.8, 4) is 0 Å². The molecule has 1 atom stereocenters. The van der Waals surface area contributed by atoms with Gasteiger partial charge in [-0.3, -0.25) is 9.59 Å². The fraction of sp³-hybridized carbons (Fsp3) is 0.800. The Hall–Kier alpha value is -0.330. The molecule has 0 rings (SSSR count). The van der Waals surface area contributed by atoms with Crippen molar-refractivity contribution < 1.29 is 14.3 Å². The van der Waals surface area contributed by atoms with Crippen LogP contribution >= 0.6 is 22.6 Å². The van der Waals surface area contributed by atoms with Crippen LogP contribution in [0.3, 0.4) is 0 Å². The Balaban J connectivity index is 3.94. The van der Waals surface area contributed by atoms with Crippen molar-refractivity contribution in [1.82, 2.24) is 5.32 Å². The molecule has 0 radical (unpaired) electrons. The minimum Gasteiger partial charge on any atom is -0.468 e. The first kappa shape index (κ1) is 14.7. The second kappa shape index (κ2) is 7.90. The van der Waals surface area contributed by atoms with Crippen molar-refractivity contribution in [2.75, 3.05) is 13.7 Å². The summed E-state index contributed by atoms with van der Waals surface area (Å²) in [5, 5.41) is 2.75. The van der Waals surface area contributed by atoms with Crippen LogP contribution in [0.4, 0.5) is 0 Å². The van der Waals surface area contributed by atoms with Crippen LogP contribution in [0.25, 0.3) is 0 Å². The second-order valence-corrected chi connectivity index (χ2v) is 4.75. The molecular weight excluding hydrogens is 309 g/mol. The fourth-order valence-corrected chi connectivity index (χ4v) is 1.68. The van der Waals surface area contributed by atoms with E-state index >= 15 is 0 Å². The van der Waals surface area contributed by atoms with E-state index in [1.54, 1.807) is 0 Å². The highest BCUT2D eigenvalue weighted by Gasteiger charge is 2.18. The van der Waals surface area contributed by atoms with Gasteiger partial charge in [0, 0.05) is 12.5 Å². The molecule has 1 amide bonds. The van der Waals surface area contributed by atoms with Gasteiger partial charge in [0.2, 0.25) is 5.91 Å². The summed E-state index contributed by atoms with van der Waals surface area (Å²) >= 11 is 1.96. The predicted molar refractivity (Wildman–Crippen MR) is 66.9 cm³/mol. The third kappa shape index (κ3) is 5.34. The van der Waals surface area contributed by atoms with Crippen LogP contribution in [0.5, 0.6) is 0 Å². The molecule has 0 aromatic heterocycles. The summed E-state index contributed by atoms with van der Waals surface area (Å²) in [5.74, 6) is -0.239. The lowest BCUT2D eigenvalue weighted by Crippen LogP contribution is -2.37. The lowest BCUT2D eigenvalue weighted by Gasteiger charge is -2.14. The molecule has 0 bridgehead atoms. The zero-order valence-electron chi connectivity index (χ0n) is 9.38. The van der Waals surface area contributed by atoms with Gasteiger partial charge in [-0.15, -0.1) is 0 Å². The summed E-state index contributed by atoms with van der Waals surface area (Å²) in [6, 6.07) is 0. The van der Waals surface area contributed by atoms with Crippen molar-refractivity contribution in [3.05, 3.63) is 0 Å². The van der Waals surface area contributed by atoms with Gasteiger partial charge < -0.3 is 10.1 Å². The van der Waals surface area contributed by atoms with Crippen molar-refractivity contribution in [2.24, 2.45) is 5.92 Å². The number of nitrogens with one attached hydrogen (secondary N) is 1. The summed E-state index contributed by atoms with van der Waals surface area (Å²) in [6.45, 7) is 4.30. The number of carbonyl (C=O) groups excluding carboxylic acids is 2. The normalized spacial score (nSPS) is 12.3. The Morgan fingerprint density at radius 2 is 1.87 bits per heavy atom. The number of alkyl halides is 1. The molecule has 15 heavy (non-hydrogen) atoms. The maximum atomic E-state index is 11.6. The first-order valence-electron chi connectivity index (χ1n) is 5.06. The molecule has 0 fully saturated rings. The van der Waals surface area contributed by atoms with E-state index in [1.165, 1.54) is 7.11 Å². The molecule has 0 aromatic rings. The van der Waals surface area contributed by atoms with Crippen LogP contribution in [-0.4, -0.2) is 29.5 Å². The Kier molecular flexibility index (Phi) is 7.72. The van der Waals surface area contributed by atoms with Crippen LogP contribution in [0.1, 0.15) is 26.7 Å². The molecule has 0 aliphatic carbocycles. The van der Waals surface area contributed by atoms with Crippen molar-refractivity contribution in [2.45, 2.75) is 30.6 Å². The largest absolute Gasteiger partial charge is 0.468 e. The quantitative estimate of drug-likeness (QED) is 0.457. The molecule has 0 aliphatic heterocycles. The molecule has 0 heterocycles. The molecule has 1 N–H and O–H groups in total. The van der Waals surface area contributed by atoms with Crippen molar-refractivity contribution in [1.29, 1.82) is 0 Å². The van der Waals surface area contributed by atoms with Gasteiger partial charge in [-0.25, -0.2) is 0 Å². The van der Waals surface area contributed by atoms with Gasteiger partial charge in [0.15, 0.2) is 0 Å². The van der Waals surface area contributed by atoms with E-state index in [2.05, 4.69) is 10.1 Å². The highest BCUT2D eigenvalue weighted by atomic mass is 127. The topological polar surface area (TPSA) is 55.4 Å². The number of esters is 1. The Morgan fingerprint density at radius 1 is 1.33 bits per heavy atom. The average Bonchev–Trinajstić information content (AvgIpc) is 2.26. The highest BCUT2D eigenvalue weighted by Crippen LogP contribution is 2.08. The van der Waals surface area contributed by atoms with E-state index in [9.17, 15) is 9.59 Å². The number of amides is 1. The number of carbonyl (C=O) groups is 2. The van der Waals surface area contributed by atoms with Crippen LogP contribution in [-0.2, 0) is 14.3 Å². The number of hydrogen-bond donors (Lipinski definition) is 1. The molecule has 4 nitrogen and oxygen atoms in total. The fourth-order valence-electron chi connectivity index (χ4n) is 1.21. The van der Waals surface area contributed by atoms with Gasteiger partial charge in [-0.05, 0) is 12.8 Å². The molecule has 1 unspecified atom stereocenters. The maximum absolute atomic E-state index is 11.6. The standard InChI is InChI=1S/C10H18INO3/c1-4-7(5-2)9(13)12-6-8(11)10(14)15-3/h7-8H,4-6H2,1-3H3,(H,12,13). The molecule has 88 valence electrons. The second-order valence-electron chi connectivity index (χ2n) is 3.25. The number of rotatable bonds is 6. The van der Waals surface area contributed by atoms with Crippen molar-refractivity contribution >= 4 is 34.5 Å². The van der Waals surface area contributed by atoms with E-state index in [1.807, 2.05) is 36.4 Å². The first-order valence-corrected chi connectivity index (χ1v) is 6.30. The van der Waals surface area contributed by atoms with Gasteiger partial charge >= 0.3 is 5.97 Å². The lowest BCUT2D eigenvalue weighted by molar-refractivity contribution is -0.139. The number of ether oxygens (including phenoxy) is 1. The van der Waals surface area contributed by atoms with Gasteiger partial charge in [-0.2, -0.15) is 0 Å². The molecule has 0 saturated heterocycles. The Labute approximate surface area is 104 Å². The molecule has 0 aliphatic rings. The summed E-state index contributed by atoms with van der Waals surface area (Å²) < 4.78 is 4.25. The third-order valence-corrected chi connectivity index (χ3v) is 3.22. The summed E-state index contributed by atoms with van der Waals surface area (Å²) in [7, 11) is 1.34.